The lowest BCUT2D eigenvalue weighted by Gasteiger charge is -2.18. The lowest BCUT2D eigenvalue weighted by Crippen LogP contribution is -2.33. The number of hydrogen-bond donors (Lipinski definition) is 2. The van der Waals surface area contributed by atoms with Crippen LogP contribution in [0.4, 0.5) is 13.2 Å². The molecule has 0 spiro atoms. The van der Waals surface area contributed by atoms with Gasteiger partial charge in [-0.15, -0.1) is 24.8 Å². The van der Waals surface area contributed by atoms with Crippen LogP contribution in [0.1, 0.15) is 25.7 Å². The quantitative estimate of drug-likeness (QED) is 0.646. The predicted molar refractivity (Wildman–Crippen MR) is 85.9 cm³/mol. The van der Waals surface area contributed by atoms with E-state index in [1.54, 1.807) is 0 Å². The first-order valence-corrected chi connectivity index (χ1v) is 7.09. The van der Waals surface area contributed by atoms with E-state index in [1.807, 2.05) is 0 Å². The molecule has 2 N–H and O–H groups in total. The summed E-state index contributed by atoms with van der Waals surface area (Å²) in [6.45, 7) is 1.86. The molecule has 1 unspecified atom stereocenters. The van der Waals surface area contributed by atoms with Crippen LogP contribution in [0.2, 0.25) is 0 Å². The van der Waals surface area contributed by atoms with Crippen molar-refractivity contribution in [2.45, 2.75) is 31.9 Å². The van der Waals surface area contributed by atoms with Crippen molar-refractivity contribution in [3.05, 3.63) is 0 Å². The van der Waals surface area contributed by atoms with Crippen molar-refractivity contribution in [2.75, 3.05) is 39.8 Å². The Labute approximate surface area is 142 Å². The average Bonchev–Trinajstić information content (AvgIpc) is 2.83. The van der Waals surface area contributed by atoms with E-state index in [1.165, 1.54) is 11.9 Å². The molecule has 1 amide bonds. The van der Waals surface area contributed by atoms with E-state index in [2.05, 4.69) is 10.6 Å². The second-order valence-corrected chi connectivity index (χ2v) is 5.45. The molecule has 1 aliphatic heterocycles. The number of halogens is 5. The summed E-state index contributed by atoms with van der Waals surface area (Å²) in [6, 6.07) is 0. The van der Waals surface area contributed by atoms with E-state index in [0.29, 0.717) is 31.8 Å². The fourth-order valence-electron chi connectivity index (χ4n) is 2.35. The second-order valence-electron chi connectivity index (χ2n) is 5.45. The van der Waals surface area contributed by atoms with Gasteiger partial charge in [-0.25, -0.2) is 0 Å². The number of rotatable bonds is 8. The molecule has 0 radical (unpaired) electrons. The van der Waals surface area contributed by atoms with Gasteiger partial charge in [0.25, 0.3) is 0 Å². The fraction of sp³-hybridized carbons (Fsp3) is 0.923. The third-order valence-electron chi connectivity index (χ3n) is 3.43. The summed E-state index contributed by atoms with van der Waals surface area (Å²) in [5, 5.41) is 6.01. The third-order valence-corrected chi connectivity index (χ3v) is 3.43. The molecule has 22 heavy (non-hydrogen) atoms. The summed E-state index contributed by atoms with van der Waals surface area (Å²) in [7, 11) is 1.43. The zero-order valence-corrected chi connectivity index (χ0v) is 14.4. The summed E-state index contributed by atoms with van der Waals surface area (Å²) in [6.07, 6.45) is -1.12. The highest BCUT2D eigenvalue weighted by Gasteiger charge is 2.28. The van der Waals surface area contributed by atoms with Crippen LogP contribution in [0.3, 0.4) is 0 Å². The van der Waals surface area contributed by atoms with E-state index in [0.717, 1.165) is 25.9 Å². The van der Waals surface area contributed by atoms with Crippen LogP contribution in [-0.2, 0) is 4.79 Å². The average molecular weight is 368 g/mol. The van der Waals surface area contributed by atoms with Crippen molar-refractivity contribution in [1.82, 2.24) is 15.5 Å². The second kappa shape index (κ2) is 12.2. The van der Waals surface area contributed by atoms with E-state index >= 15 is 0 Å². The highest BCUT2D eigenvalue weighted by Crippen LogP contribution is 2.15. The van der Waals surface area contributed by atoms with Crippen LogP contribution >= 0.6 is 24.8 Å². The SMILES string of the molecule is CN(CCCNC(=O)CCC1CCNC1)CC(F)(F)F.Cl.Cl. The first kappa shape index (κ1) is 24.0. The number of carbonyl (C=O) groups excluding carboxylic acids is 1. The summed E-state index contributed by atoms with van der Waals surface area (Å²) >= 11 is 0. The number of amides is 1. The van der Waals surface area contributed by atoms with Gasteiger partial charge in [-0.2, -0.15) is 13.2 Å². The molecule has 0 bridgehead atoms. The van der Waals surface area contributed by atoms with Gasteiger partial charge in [0.1, 0.15) is 0 Å². The van der Waals surface area contributed by atoms with Gasteiger partial charge in [0.15, 0.2) is 0 Å². The van der Waals surface area contributed by atoms with Gasteiger partial charge < -0.3 is 10.6 Å². The van der Waals surface area contributed by atoms with Crippen molar-refractivity contribution in [1.29, 1.82) is 0 Å². The zero-order chi connectivity index (χ0) is 15.0. The Morgan fingerprint density at radius 2 is 2.05 bits per heavy atom. The van der Waals surface area contributed by atoms with Gasteiger partial charge in [-0.3, -0.25) is 9.69 Å². The van der Waals surface area contributed by atoms with Gasteiger partial charge in [0.05, 0.1) is 6.54 Å². The molecule has 0 aromatic carbocycles. The molecule has 0 aromatic rings. The largest absolute Gasteiger partial charge is 0.401 e. The molecule has 0 aromatic heterocycles. The maximum absolute atomic E-state index is 12.1. The van der Waals surface area contributed by atoms with Gasteiger partial charge >= 0.3 is 6.18 Å². The normalized spacial score (nSPS) is 17.8. The molecule has 1 saturated heterocycles. The van der Waals surface area contributed by atoms with E-state index in [9.17, 15) is 18.0 Å². The predicted octanol–water partition coefficient (Wildman–Crippen LogP) is 2.22. The van der Waals surface area contributed by atoms with Gasteiger partial charge in [0, 0.05) is 13.0 Å². The highest BCUT2D eigenvalue weighted by atomic mass is 35.5. The van der Waals surface area contributed by atoms with E-state index in [4.69, 9.17) is 0 Å². The smallest absolute Gasteiger partial charge is 0.356 e. The van der Waals surface area contributed by atoms with Crippen LogP contribution in [0.15, 0.2) is 0 Å². The molecule has 1 atom stereocenters. The molecule has 1 aliphatic rings. The topological polar surface area (TPSA) is 44.4 Å². The molecule has 1 heterocycles. The maximum Gasteiger partial charge on any atom is 0.401 e. The first-order valence-electron chi connectivity index (χ1n) is 7.09. The van der Waals surface area contributed by atoms with E-state index < -0.39 is 12.7 Å². The van der Waals surface area contributed by atoms with Gasteiger partial charge in [-0.1, -0.05) is 0 Å². The lowest BCUT2D eigenvalue weighted by atomic mass is 10.0. The van der Waals surface area contributed by atoms with Crippen LogP contribution in [0.5, 0.6) is 0 Å². The molecule has 1 rings (SSSR count). The molecular formula is C13H26Cl2F3N3O. The first-order chi connectivity index (χ1) is 9.37. The Morgan fingerprint density at radius 1 is 1.36 bits per heavy atom. The van der Waals surface area contributed by atoms with Crippen LogP contribution in [0, 0.1) is 5.92 Å². The Morgan fingerprint density at radius 3 is 2.59 bits per heavy atom. The van der Waals surface area contributed by atoms with Crippen LogP contribution in [-0.4, -0.2) is 56.8 Å². The summed E-state index contributed by atoms with van der Waals surface area (Å²) in [5.41, 5.74) is 0. The Hall–Kier alpha value is -0.240. The number of nitrogens with one attached hydrogen (secondary N) is 2. The van der Waals surface area contributed by atoms with E-state index in [-0.39, 0.29) is 30.7 Å². The minimum Gasteiger partial charge on any atom is -0.356 e. The van der Waals surface area contributed by atoms with Gasteiger partial charge in [0.2, 0.25) is 5.91 Å². The molecule has 0 saturated carbocycles. The minimum absolute atomic E-state index is 0. The standard InChI is InChI=1S/C13H24F3N3O.2ClH/c1-19(10-13(14,15)16)8-2-6-18-12(20)4-3-11-5-7-17-9-11;;/h11,17H,2-10H2,1H3,(H,18,20);2*1H. The van der Waals surface area contributed by atoms with Crippen molar-refractivity contribution in [2.24, 2.45) is 5.92 Å². The summed E-state index contributed by atoms with van der Waals surface area (Å²) in [4.78, 5) is 12.8. The Bertz CT molecular complexity index is 301. The maximum atomic E-state index is 12.1. The number of nitrogens with zero attached hydrogens (tertiary/aromatic N) is 1. The minimum atomic E-state index is -4.16. The molecule has 9 heteroatoms. The van der Waals surface area contributed by atoms with Crippen molar-refractivity contribution >= 4 is 30.7 Å². The number of carbonyl (C=O) groups is 1. The van der Waals surface area contributed by atoms with Crippen LogP contribution < -0.4 is 10.6 Å². The zero-order valence-electron chi connectivity index (χ0n) is 12.7. The third kappa shape index (κ3) is 12.3. The molecular weight excluding hydrogens is 342 g/mol. The van der Waals surface area contributed by atoms with Gasteiger partial charge in [-0.05, 0) is 51.9 Å². The van der Waals surface area contributed by atoms with Crippen molar-refractivity contribution in [3.8, 4) is 0 Å². The Kier molecular flexibility index (Phi) is 13.3. The lowest BCUT2D eigenvalue weighted by molar-refractivity contribution is -0.143. The highest BCUT2D eigenvalue weighted by molar-refractivity contribution is 5.85. The fourth-order valence-corrected chi connectivity index (χ4v) is 2.35. The number of alkyl halides is 3. The molecule has 4 nitrogen and oxygen atoms in total. The summed E-state index contributed by atoms with van der Waals surface area (Å²) < 4.78 is 36.2. The van der Waals surface area contributed by atoms with Crippen molar-refractivity contribution < 1.29 is 18.0 Å². The summed E-state index contributed by atoms with van der Waals surface area (Å²) in [5.74, 6) is 0.578. The van der Waals surface area contributed by atoms with Crippen molar-refractivity contribution in [3.63, 3.8) is 0 Å². The number of hydrogen-bond acceptors (Lipinski definition) is 3. The molecule has 134 valence electrons. The Balaban J connectivity index is 0. The monoisotopic (exact) mass is 367 g/mol. The molecule has 0 aliphatic carbocycles. The van der Waals surface area contributed by atoms with Crippen LogP contribution in [0.25, 0.3) is 0 Å². The molecule has 1 fully saturated rings.